The van der Waals surface area contributed by atoms with Gasteiger partial charge in [-0.15, -0.1) is 0 Å². The van der Waals surface area contributed by atoms with Crippen LogP contribution in [0.1, 0.15) is 21.5 Å². The Morgan fingerprint density at radius 2 is 1.63 bits per heavy atom. The molecule has 0 radical (unpaired) electrons. The second kappa shape index (κ2) is 12.2. The summed E-state index contributed by atoms with van der Waals surface area (Å²) in [5, 5.41) is 5.33. The molecule has 0 spiro atoms. The van der Waals surface area contributed by atoms with E-state index in [0.717, 1.165) is 11.1 Å². The van der Waals surface area contributed by atoms with Gasteiger partial charge in [0.2, 0.25) is 11.8 Å². The van der Waals surface area contributed by atoms with Crippen molar-refractivity contribution in [1.29, 1.82) is 0 Å². The van der Waals surface area contributed by atoms with Gasteiger partial charge in [-0.2, -0.15) is 0 Å². The molecule has 0 atom stereocenters. The van der Waals surface area contributed by atoms with E-state index in [4.69, 9.17) is 9.47 Å². The van der Waals surface area contributed by atoms with Gasteiger partial charge in [0.1, 0.15) is 18.0 Å². The Kier molecular flexibility index (Phi) is 8.83. The number of aryl methyl sites for hydroxylation is 1. The average molecular weight is 476 g/mol. The summed E-state index contributed by atoms with van der Waals surface area (Å²) in [6.07, 6.45) is 0. The van der Waals surface area contributed by atoms with E-state index in [1.807, 2.05) is 55.5 Å². The van der Waals surface area contributed by atoms with Crippen molar-refractivity contribution >= 4 is 23.4 Å². The maximum atomic E-state index is 13.4. The maximum absolute atomic E-state index is 13.4. The van der Waals surface area contributed by atoms with Crippen LogP contribution in [-0.2, 0) is 16.1 Å². The minimum absolute atomic E-state index is 0.206. The van der Waals surface area contributed by atoms with Crippen LogP contribution >= 0.6 is 0 Å². The Morgan fingerprint density at radius 3 is 2.31 bits per heavy atom. The molecule has 8 nitrogen and oxygen atoms in total. The smallest absolute Gasteiger partial charge is 0.258 e. The third kappa shape index (κ3) is 7.33. The first-order valence-corrected chi connectivity index (χ1v) is 11.1. The molecule has 0 saturated carbocycles. The third-order valence-electron chi connectivity index (χ3n) is 5.22. The summed E-state index contributed by atoms with van der Waals surface area (Å²) in [7, 11) is 2.99. The van der Waals surface area contributed by atoms with Gasteiger partial charge < -0.3 is 25.0 Å². The maximum Gasteiger partial charge on any atom is 0.258 e. The first-order chi connectivity index (χ1) is 16.9. The summed E-state index contributed by atoms with van der Waals surface area (Å²) in [5.41, 5.74) is 2.82. The van der Waals surface area contributed by atoms with Crippen LogP contribution in [0.3, 0.4) is 0 Å². The van der Waals surface area contributed by atoms with Crippen molar-refractivity contribution in [1.82, 2.24) is 10.2 Å². The fourth-order valence-electron chi connectivity index (χ4n) is 3.48. The van der Waals surface area contributed by atoms with Gasteiger partial charge in [0.25, 0.3) is 5.91 Å². The Balaban J connectivity index is 1.70. The van der Waals surface area contributed by atoms with Crippen LogP contribution in [0.15, 0.2) is 72.8 Å². The second-order valence-corrected chi connectivity index (χ2v) is 7.91. The highest BCUT2D eigenvalue weighted by molar-refractivity contribution is 6.00. The zero-order valence-electron chi connectivity index (χ0n) is 20.0. The molecule has 0 fully saturated rings. The van der Waals surface area contributed by atoms with Gasteiger partial charge in [0.05, 0.1) is 26.3 Å². The number of hydrogen-bond donors (Lipinski definition) is 2. The van der Waals surface area contributed by atoms with Gasteiger partial charge in [-0.05, 0) is 42.3 Å². The zero-order valence-corrected chi connectivity index (χ0v) is 20.0. The van der Waals surface area contributed by atoms with E-state index >= 15 is 0 Å². The number of ether oxygens (including phenoxy) is 2. The van der Waals surface area contributed by atoms with Crippen molar-refractivity contribution in [3.8, 4) is 11.5 Å². The van der Waals surface area contributed by atoms with Crippen molar-refractivity contribution in [3.63, 3.8) is 0 Å². The monoisotopic (exact) mass is 475 g/mol. The second-order valence-electron chi connectivity index (χ2n) is 7.91. The molecule has 0 saturated heterocycles. The molecule has 35 heavy (non-hydrogen) atoms. The quantitative estimate of drug-likeness (QED) is 0.468. The molecule has 3 rings (SSSR count). The number of methoxy groups -OCH3 is 2. The van der Waals surface area contributed by atoms with Gasteiger partial charge in [0, 0.05) is 18.3 Å². The standard InChI is InChI=1S/C27H29N3O5/c1-19-8-7-11-21(14-19)29-25(31)16-28-26(32)18-30(17-20-9-5-4-6-10-20)27(33)23-13-12-22(34-2)15-24(23)35-3/h4-15H,16-18H2,1-3H3,(H,28,32)(H,29,31). The summed E-state index contributed by atoms with van der Waals surface area (Å²) in [6.45, 7) is 1.68. The molecule has 0 heterocycles. The predicted molar refractivity (Wildman–Crippen MR) is 134 cm³/mol. The van der Waals surface area contributed by atoms with E-state index in [1.165, 1.54) is 19.1 Å². The molecule has 2 N–H and O–H groups in total. The van der Waals surface area contributed by atoms with Crippen molar-refractivity contribution in [2.75, 3.05) is 32.6 Å². The summed E-state index contributed by atoms with van der Waals surface area (Å²) >= 11 is 0. The summed E-state index contributed by atoms with van der Waals surface area (Å²) < 4.78 is 10.6. The number of carbonyl (C=O) groups is 3. The fraction of sp³-hybridized carbons (Fsp3) is 0.222. The molecule has 0 aromatic heterocycles. The molecular formula is C27H29N3O5. The van der Waals surface area contributed by atoms with Crippen molar-refractivity contribution in [2.24, 2.45) is 0 Å². The third-order valence-corrected chi connectivity index (χ3v) is 5.22. The number of anilines is 1. The number of nitrogens with one attached hydrogen (secondary N) is 2. The highest BCUT2D eigenvalue weighted by Gasteiger charge is 2.23. The van der Waals surface area contributed by atoms with E-state index in [1.54, 1.807) is 24.3 Å². The number of carbonyl (C=O) groups excluding carboxylic acids is 3. The summed E-state index contributed by atoms with van der Waals surface area (Å²) in [4.78, 5) is 39.8. The fourth-order valence-corrected chi connectivity index (χ4v) is 3.48. The zero-order chi connectivity index (χ0) is 25.2. The van der Waals surface area contributed by atoms with E-state index in [-0.39, 0.29) is 31.4 Å². The lowest BCUT2D eigenvalue weighted by atomic mass is 10.1. The molecule has 0 aliphatic carbocycles. The van der Waals surface area contributed by atoms with Crippen LogP contribution in [0.5, 0.6) is 11.5 Å². The molecule has 3 amide bonds. The van der Waals surface area contributed by atoms with Crippen LogP contribution < -0.4 is 20.1 Å². The van der Waals surface area contributed by atoms with Crippen LogP contribution in [0.2, 0.25) is 0 Å². The largest absolute Gasteiger partial charge is 0.497 e. The first kappa shape index (κ1) is 25.3. The van der Waals surface area contributed by atoms with E-state index in [2.05, 4.69) is 10.6 Å². The lowest BCUT2D eigenvalue weighted by Crippen LogP contribution is -2.42. The summed E-state index contributed by atoms with van der Waals surface area (Å²) in [6, 6.07) is 21.6. The number of nitrogens with zero attached hydrogens (tertiary/aromatic N) is 1. The Labute approximate surface area is 204 Å². The first-order valence-electron chi connectivity index (χ1n) is 11.1. The normalized spacial score (nSPS) is 10.3. The Bertz CT molecular complexity index is 1180. The average Bonchev–Trinajstić information content (AvgIpc) is 2.87. The van der Waals surface area contributed by atoms with Crippen LogP contribution in [0, 0.1) is 6.92 Å². The van der Waals surface area contributed by atoms with Crippen molar-refractivity contribution < 1.29 is 23.9 Å². The topological polar surface area (TPSA) is 97.0 Å². The van der Waals surface area contributed by atoms with Crippen LogP contribution in [-0.4, -0.2) is 49.9 Å². The number of rotatable bonds is 10. The van der Waals surface area contributed by atoms with Crippen molar-refractivity contribution in [2.45, 2.75) is 13.5 Å². The molecule has 3 aromatic rings. The minimum Gasteiger partial charge on any atom is -0.497 e. The van der Waals surface area contributed by atoms with Gasteiger partial charge in [-0.25, -0.2) is 0 Å². The van der Waals surface area contributed by atoms with E-state index < -0.39 is 5.91 Å². The molecule has 0 aliphatic rings. The van der Waals surface area contributed by atoms with E-state index in [0.29, 0.717) is 22.7 Å². The highest BCUT2D eigenvalue weighted by atomic mass is 16.5. The number of hydrogen-bond acceptors (Lipinski definition) is 5. The van der Waals surface area contributed by atoms with Crippen LogP contribution in [0.25, 0.3) is 0 Å². The van der Waals surface area contributed by atoms with Gasteiger partial charge in [-0.1, -0.05) is 42.5 Å². The molecule has 8 heteroatoms. The van der Waals surface area contributed by atoms with Gasteiger partial charge >= 0.3 is 0 Å². The summed E-state index contributed by atoms with van der Waals surface area (Å²) in [5.74, 6) is -0.314. The Hall–Kier alpha value is -4.33. The SMILES string of the molecule is COc1ccc(C(=O)N(CC(=O)NCC(=O)Nc2cccc(C)c2)Cc2ccccc2)c(OC)c1. The van der Waals surface area contributed by atoms with Gasteiger partial charge in [-0.3, -0.25) is 14.4 Å². The predicted octanol–water partition coefficient (Wildman–Crippen LogP) is 3.41. The van der Waals surface area contributed by atoms with Crippen molar-refractivity contribution in [3.05, 3.63) is 89.5 Å². The van der Waals surface area contributed by atoms with Crippen LogP contribution in [0.4, 0.5) is 5.69 Å². The molecule has 0 aliphatic heterocycles. The highest BCUT2D eigenvalue weighted by Crippen LogP contribution is 2.26. The molecule has 3 aromatic carbocycles. The van der Waals surface area contributed by atoms with E-state index in [9.17, 15) is 14.4 Å². The number of amides is 3. The Morgan fingerprint density at radius 1 is 0.857 bits per heavy atom. The molecule has 0 bridgehead atoms. The minimum atomic E-state index is -0.457. The molecular weight excluding hydrogens is 446 g/mol. The molecule has 182 valence electrons. The van der Waals surface area contributed by atoms with Gasteiger partial charge in [0.15, 0.2) is 0 Å². The lowest BCUT2D eigenvalue weighted by molar-refractivity contribution is -0.124. The number of benzene rings is 3. The molecule has 0 unspecified atom stereocenters. The lowest BCUT2D eigenvalue weighted by Gasteiger charge is -2.23.